The Balaban J connectivity index is 2.01. The molecule has 0 radical (unpaired) electrons. The van der Waals surface area contributed by atoms with Gasteiger partial charge in [-0.05, 0) is 42.7 Å². The predicted octanol–water partition coefficient (Wildman–Crippen LogP) is 3.92. The molecule has 3 nitrogen and oxygen atoms in total. The van der Waals surface area contributed by atoms with Crippen LogP contribution in [-0.2, 0) is 6.54 Å². The molecule has 110 valence electrons. The Morgan fingerprint density at radius 1 is 1.38 bits per heavy atom. The van der Waals surface area contributed by atoms with E-state index in [-0.39, 0.29) is 5.84 Å². The summed E-state index contributed by atoms with van der Waals surface area (Å²) in [7, 11) is 0. The van der Waals surface area contributed by atoms with Crippen LogP contribution in [0.5, 0.6) is 0 Å². The monoisotopic (exact) mass is 317 g/mol. The number of nitrogens with one attached hydrogen (secondary N) is 1. The Morgan fingerprint density at radius 3 is 2.76 bits per heavy atom. The first-order valence-corrected chi connectivity index (χ1v) is 9.11. The van der Waals surface area contributed by atoms with Crippen molar-refractivity contribution in [1.82, 2.24) is 0 Å². The second kappa shape index (κ2) is 6.12. The van der Waals surface area contributed by atoms with Crippen molar-refractivity contribution in [3.8, 4) is 0 Å². The zero-order valence-corrected chi connectivity index (χ0v) is 13.6. The van der Waals surface area contributed by atoms with E-state index < -0.39 is 0 Å². The number of thiophene rings is 1. The van der Waals surface area contributed by atoms with Crippen molar-refractivity contribution in [3.63, 3.8) is 0 Å². The van der Waals surface area contributed by atoms with E-state index in [0.717, 1.165) is 22.7 Å². The number of nitrogen functional groups attached to an aromatic ring is 1. The van der Waals surface area contributed by atoms with E-state index in [1.807, 2.05) is 12.3 Å². The van der Waals surface area contributed by atoms with Crippen LogP contribution < -0.4 is 10.6 Å². The molecule has 1 aliphatic carbocycles. The van der Waals surface area contributed by atoms with Gasteiger partial charge in [-0.2, -0.15) is 0 Å². The number of nitrogens with two attached hydrogens (primary N) is 1. The summed E-state index contributed by atoms with van der Waals surface area (Å²) in [5.41, 5.74) is 7.85. The summed E-state index contributed by atoms with van der Waals surface area (Å²) < 4.78 is 0. The summed E-state index contributed by atoms with van der Waals surface area (Å²) in [6, 6.07) is 11.1. The van der Waals surface area contributed by atoms with Crippen LogP contribution in [0, 0.1) is 5.41 Å². The number of hydrogen-bond donors (Lipinski definition) is 2. The third-order valence-electron chi connectivity index (χ3n) is 3.70. The molecule has 1 heterocycles. The molecule has 0 aliphatic heterocycles. The molecule has 0 bridgehead atoms. The van der Waals surface area contributed by atoms with Gasteiger partial charge in [0.1, 0.15) is 5.84 Å². The normalized spacial score (nSPS) is 14.1. The molecule has 0 spiro atoms. The van der Waals surface area contributed by atoms with Gasteiger partial charge in [0, 0.05) is 21.5 Å². The molecule has 0 atom stereocenters. The molecule has 3 rings (SSSR count). The van der Waals surface area contributed by atoms with Crippen molar-refractivity contribution in [3.05, 3.63) is 46.2 Å². The van der Waals surface area contributed by atoms with Crippen molar-refractivity contribution in [2.24, 2.45) is 5.73 Å². The lowest BCUT2D eigenvalue weighted by Crippen LogP contribution is -2.28. The van der Waals surface area contributed by atoms with E-state index in [2.05, 4.69) is 34.5 Å². The van der Waals surface area contributed by atoms with Gasteiger partial charge in [0.15, 0.2) is 0 Å². The maximum absolute atomic E-state index is 7.97. The Bertz CT molecular complexity index is 633. The summed E-state index contributed by atoms with van der Waals surface area (Å²) in [6.45, 7) is 0.903. The Morgan fingerprint density at radius 2 is 2.19 bits per heavy atom. The molecule has 0 amide bonds. The van der Waals surface area contributed by atoms with Gasteiger partial charge < -0.3 is 10.6 Å². The first-order valence-electron chi connectivity index (χ1n) is 7.01. The smallest absolute Gasteiger partial charge is 0.126 e. The molecule has 0 saturated heterocycles. The number of amidine groups is 1. The second-order valence-electron chi connectivity index (χ2n) is 5.21. The van der Waals surface area contributed by atoms with Crippen molar-refractivity contribution in [1.29, 1.82) is 5.41 Å². The number of anilines is 1. The second-order valence-corrected chi connectivity index (χ2v) is 7.09. The standard InChI is InChI=1S/C16H19N3S2/c1-20-14-6-2-5-13(15(14)16(17)18)19(11-7-8-11)10-12-4-3-9-21-12/h2-6,9,11H,7-8,10H2,1H3,(H3,17,18). The van der Waals surface area contributed by atoms with Crippen LogP contribution in [0.4, 0.5) is 5.69 Å². The molecule has 1 aromatic carbocycles. The zero-order valence-electron chi connectivity index (χ0n) is 12.0. The molecule has 1 saturated carbocycles. The minimum Gasteiger partial charge on any atom is -0.384 e. The molecule has 0 unspecified atom stereocenters. The SMILES string of the molecule is CSc1cccc(N(Cc2cccs2)C2CC2)c1C(=N)N. The summed E-state index contributed by atoms with van der Waals surface area (Å²) in [5.74, 6) is 0.159. The zero-order chi connectivity index (χ0) is 14.8. The van der Waals surface area contributed by atoms with Gasteiger partial charge in [0.05, 0.1) is 12.1 Å². The maximum Gasteiger partial charge on any atom is 0.126 e. The molecule has 2 aromatic rings. The van der Waals surface area contributed by atoms with E-state index >= 15 is 0 Å². The van der Waals surface area contributed by atoms with Crippen LogP contribution in [0.1, 0.15) is 23.3 Å². The number of thioether (sulfide) groups is 1. The predicted molar refractivity (Wildman–Crippen MR) is 92.8 cm³/mol. The van der Waals surface area contributed by atoms with Crippen LogP contribution in [0.2, 0.25) is 0 Å². The summed E-state index contributed by atoms with van der Waals surface area (Å²) in [6.07, 6.45) is 4.49. The largest absolute Gasteiger partial charge is 0.384 e. The number of hydrogen-bond acceptors (Lipinski definition) is 4. The quantitative estimate of drug-likeness (QED) is 0.482. The first-order chi connectivity index (χ1) is 10.2. The van der Waals surface area contributed by atoms with E-state index in [0.29, 0.717) is 6.04 Å². The topological polar surface area (TPSA) is 53.1 Å². The van der Waals surface area contributed by atoms with Crippen LogP contribution >= 0.6 is 23.1 Å². The van der Waals surface area contributed by atoms with Crippen LogP contribution in [-0.4, -0.2) is 18.1 Å². The molecule has 5 heteroatoms. The highest BCUT2D eigenvalue weighted by molar-refractivity contribution is 7.98. The van der Waals surface area contributed by atoms with E-state index in [1.165, 1.54) is 17.7 Å². The van der Waals surface area contributed by atoms with E-state index in [9.17, 15) is 0 Å². The number of rotatable bonds is 6. The highest BCUT2D eigenvalue weighted by Crippen LogP contribution is 2.38. The van der Waals surface area contributed by atoms with Crippen LogP contribution in [0.3, 0.4) is 0 Å². The summed E-state index contributed by atoms with van der Waals surface area (Å²) in [4.78, 5) is 4.85. The fraction of sp³-hybridized carbons (Fsp3) is 0.312. The minimum absolute atomic E-state index is 0.159. The maximum atomic E-state index is 7.97. The van der Waals surface area contributed by atoms with Gasteiger partial charge in [-0.15, -0.1) is 23.1 Å². The number of benzene rings is 1. The minimum atomic E-state index is 0.159. The summed E-state index contributed by atoms with van der Waals surface area (Å²) >= 11 is 3.43. The lowest BCUT2D eigenvalue weighted by atomic mass is 10.1. The molecular formula is C16H19N3S2. The third kappa shape index (κ3) is 3.09. The summed E-state index contributed by atoms with van der Waals surface area (Å²) in [5, 5.41) is 10.1. The van der Waals surface area contributed by atoms with E-state index in [4.69, 9.17) is 11.1 Å². The Kier molecular flexibility index (Phi) is 4.22. The fourth-order valence-corrected chi connectivity index (χ4v) is 3.90. The van der Waals surface area contributed by atoms with Gasteiger partial charge in [0.25, 0.3) is 0 Å². The molecule has 1 aromatic heterocycles. The average molecular weight is 317 g/mol. The lowest BCUT2D eigenvalue weighted by Gasteiger charge is -2.27. The lowest BCUT2D eigenvalue weighted by molar-refractivity contribution is 0.800. The van der Waals surface area contributed by atoms with Crippen molar-refractivity contribution in [2.75, 3.05) is 11.2 Å². The van der Waals surface area contributed by atoms with Gasteiger partial charge >= 0.3 is 0 Å². The van der Waals surface area contributed by atoms with Crippen molar-refractivity contribution < 1.29 is 0 Å². The van der Waals surface area contributed by atoms with Gasteiger partial charge in [-0.25, -0.2) is 0 Å². The Hall–Kier alpha value is -1.46. The van der Waals surface area contributed by atoms with Crippen LogP contribution in [0.25, 0.3) is 0 Å². The molecule has 1 aliphatic rings. The molecular weight excluding hydrogens is 298 g/mol. The molecule has 1 fully saturated rings. The number of nitrogens with zero attached hydrogens (tertiary/aromatic N) is 1. The van der Waals surface area contributed by atoms with Gasteiger partial charge in [-0.1, -0.05) is 12.1 Å². The highest BCUT2D eigenvalue weighted by atomic mass is 32.2. The van der Waals surface area contributed by atoms with Crippen molar-refractivity contribution in [2.45, 2.75) is 30.3 Å². The first kappa shape index (κ1) is 14.5. The van der Waals surface area contributed by atoms with Crippen LogP contribution in [0.15, 0.2) is 40.6 Å². The van der Waals surface area contributed by atoms with Gasteiger partial charge in [0.2, 0.25) is 0 Å². The van der Waals surface area contributed by atoms with E-state index in [1.54, 1.807) is 23.1 Å². The average Bonchev–Trinajstić information content (AvgIpc) is 3.20. The Labute approximate surface area is 133 Å². The fourth-order valence-electron chi connectivity index (χ4n) is 2.57. The highest BCUT2D eigenvalue weighted by Gasteiger charge is 2.31. The third-order valence-corrected chi connectivity index (χ3v) is 5.34. The molecule has 3 N–H and O–H groups in total. The van der Waals surface area contributed by atoms with Gasteiger partial charge in [-0.3, -0.25) is 5.41 Å². The van der Waals surface area contributed by atoms with Crippen molar-refractivity contribution >= 4 is 34.6 Å². The molecule has 21 heavy (non-hydrogen) atoms.